The number of fused-ring (bicyclic) bond motifs is 1. The number of carbonyl (C=O) groups is 3. The zero-order valence-corrected chi connectivity index (χ0v) is 20.5. The Morgan fingerprint density at radius 3 is 2.22 bits per heavy atom. The van der Waals surface area contributed by atoms with Gasteiger partial charge in [0.05, 0.1) is 11.3 Å². The molecule has 2 aromatic carbocycles. The lowest BCUT2D eigenvalue weighted by Crippen LogP contribution is -2.62. The summed E-state index contributed by atoms with van der Waals surface area (Å²) in [7, 11) is 0. The minimum atomic E-state index is -1.04. The quantitative estimate of drug-likeness (QED) is 0.293. The molecule has 1 fully saturated rings. The number of carbonyl (C=O) groups excluding carboxylic acids is 3. The Morgan fingerprint density at radius 2 is 1.62 bits per heavy atom. The summed E-state index contributed by atoms with van der Waals surface area (Å²) in [5, 5.41) is 1.38. The number of ether oxygens (including phenoxy) is 1. The Hall–Kier alpha value is -4.43. The largest absolute Gasteiger partial charge is 0.451 e. The fraction of sp³-hybridized carbons (Fsp3) is 0.103. The van der Waals surface area contributed by atoms with E-state index < -0.39 is 24.0 Å². The predicted octanol–water partition coefficient (Wildman–Crippen LogP) is 4.01. The van der Waals surface area contributed by atoms with E-state index in [2.05, 4.69) is 4.98 Å². The molecule has 0 spiro atoms. The Labute approximate surface area is 218 Å². The molecule has 1 aromatic heterocycles. The number of hydrogen-bond acceptors (Lipinski definition) is 6. The number of pyridine rings is 1. The number of benzene rings is 2. The average Bonchev–Trinajstić information content (AvgIpc) is 2.94. The van der Waals surface area contributed by atoms with E-state index >= 15 is 0 Å². The summed E-state index contributed by atoms with van der Waals surface area (Å²) < 4.78 is 6.09. The van der Waals surface area contributed by atoms with Gasteiger partial charge in [0, 0.05) is 12.3 Å². The van der Waals surface area contributed by atoms with Crippen molar-refractivity contribution < 1.29 is 19.1 Å². The summed E-state index contributed by atoms with van der Waals surface area (Å²) in [6, 6.07) is 23.2. The molecule has 0 saturated carbocycles. The van der Waals surface area contributed by atoms with Gasteiger partial charge in [-0.15, -0.1) is 11.8 Å². The van der Waals surface area contributed by atoms with Crippen LogP contribution < -0.4 is 5.73 Å². The molecule has 2 N–H and O–H groups in total. The normalized spacial score (nSPS) is 19.9. The fourth-order valence-corrected chi connectivity index (χ4v) is 5.44. The minimum Gasteiger partial charge on any atom is -0.451 e. The zero-order chi connectivity index (χ0) is 25.8. The standard InChI is InChI=1S/C29H23N3O4S/c30-24(33)15-14-21-18-37-28-23(17-22-13-7-8-16-31-22)27(34)32(28)25(21)29(35)36-26(19-9-3-1-4-10-19)20-11-5-2-6-12-20/h1-18,25-26,28H,(H2,30,33)/b15-14+,23-17-/t25-,28-/m1/s1. The van der Waals surface area contributed by atoms with Crippen LogP contribution in [-0.2, 0) is 19.1 Å². The third-order valence-electron chi connectivity index (χ3n) is 6.02. The van der Waals surface area contributed by atoms with Crippen molar-refractivity contribution in [1.82, 2.24) is 9.88 Å². The van der Waals surface area contributed by atoms with Gasteiger partial charge in [0.15, 0.2) is 12.1 Å². The van der Waals surface area contributed by atoms with E-state index in [1.54, 1.807) is 23.7 Å². The van der Waals surface area contributed by atoms with Crippen LogP contribution in [0.2, 0.25) is 0 Å². The number of esters is 1. The van der Waals surface area contributed by atoms with Crippen molar-refractivity contribution >= 4 is 35.6 Å². The van der Waals surface area contributed by atoms with E-state index in [-0.39, 0.29) is 11.3 Å². The van der Waals surface area contributed by atoms with Gasteiger partial charge >= 0.3 is 5.97 Å². The van der Waals surface area contributed by atoms with Crippen molar-refractivity contribution in [3.63, 3.8) is 0 Å². The molecule has 2 aliphatic rings. The molecule has 7 nitrogen and oxygen atoms in total. The highest BCUT2D eigenvalue weighted by Gasteiger charge is 2.52. The number of β-lactam (4-membered cyclic amide) rings is 1. The van der Waals surface area contributed by atoms with Gasteiger partial charge in [-0.3, -0.25) is 14.6 Å². The molecule has 2 atom stereocenters. The fourth-order valence-electron chi connectivity index (χ4n) is 4.28. The summed E-state index contributed by atoms with van der Waals surface area (Å²) in [6.45, 7) is 0. The van der Waals surface area contributed by atoms with Crippen LogP contribution in [0.15, 0.2) is 114 Å². The van der Waals surface area contributed by atoms with E-state index in [9.17, 15) is 14.4 Å². The first-order valence-electron chi connectivity index (χ1n) is 11.6. The third-order valence-corrected chi connectivity index (χ3v) is 7.17. The Kier molecular flexibility index (Phi) is 7.00. The van der Waals surface area contributed by atoms with Crippen LogP contribution in [-0.4, -0.2) is 39.1 Å². The molecule has 0 aliphatic carbocycles. The van der Waals surface area contributed by atoms with E-state index in [0.717, 1.165) is 11.1 Å². The summed E-state index contributed by atoms with van der Waals surface area (Å²) in [4.78, 5) is 44.2. The van der Waals surface area contributed by atoms with Crippen molar-refractivity contribution in [2.75, 3.05) is 0 Å². The number of rotatable bonds is 7. The number of primary amides is 1. The maximum Gasteiger partial charge on any atom is 0.334 e. The van der Waals surface area contributed by atoms with E-state index in [1.165, 1.54) is 28.8 Å². The molecule has 5 rings (SSSR count). The second-order valence-corrected chi connectivity index (χ2v) is 9.40. The van der Waals surface area contributed by atoms with Gasteiger partial charge in [0.25, 0.3) is 5.91 Å². The van der Waals surface area contributed by atoms with Gasteiger partial charge in [0.1, 0.15) is 5.37 Å². The Bertz CT molecular complexity index is 1370. The van der Waals surface area contributed by atoms with Gasteiger partial charge in [-0.05, 0) is 40.3 Å². The molecule has 184 valence electrons. The van der Waals surface area contributed by atoms with Crippen LogP contribution in [0.25, 0.3) is 6.08 Å². The Balaban J connectivity index is 1.48. The molecular weight excluding hydrogens is 486 g/mol. The van der Waals surface area contributed by atoms with Crippen LogP contribution >= 0.6 is 11.8 Å². The molecule has 0 radical (unpaired) electrons. The van der Waals surface area contributed by atoms with Gasteiger partial charge in [-0.2, -0.15) is 0 Å². The third kappa shape index (κ3) is 5.10. The zero-order valence-electron chi connectivity index (χ0n) is 19.6. The number of nitrogens with two attached hydrogens (primary N) is 1. The van der Waals surface area contributed by atoms with Crippen molar-refractivity contribution in [3.05, 3.63) is 131 Å². The van der Waals surface area contributed by atoms with Crippen LogP contribution in [0.4, 0.5) is 0 Å². The molecule has 2 amide bonds. The Morgan fingerprint density at radius 1 is 0.973 bits per heavy atom. The van der Waals surface area contributed by atoms with E-state index in [0.29, 0.717) is 16.8 Å². The van der Waals surface area contributed by atoms with Crippen molar-refractivity contribution in [2.45, 2.75) is 17.5 Å². The van der Waals surface area contributed by atoms with Gasteiger partial charge in [0.2, 0.25) is 5.91 Å². The van der Waals surface area contributed by atoms with Crippen LogP contribution in [0, 0.1) is 0 Å². The van der Waals surface area contributed by atoms with Crippen molar-refractivity contribution in [1.29, 1.82) is 0 Å². The highest BCUT2D eigenvalue weighted by molar-refractivity contribution is 8.03. The predicted molar refractivity (Wildman–Crippen MR) is 141 cm³/mol. The number of thioether (sulfide) groups is 1. The number of nitrogens with zero attached hydrogens (tertiary/aromatic N) is 2. The lowest BCUT2D eigenvalue weighted by Gasteiger charge is -2.48. The highest BCUT2D eigenvalue weighted by atomic mass is 32.2. The monoisotopic (exact) mass is 509 g/mol. The van der Waals surface area contributed by atoms with Crippen molar-refractivity contribution in [2.24, 2.45) is 5.73 Å². The highest BCUT2D eigenvalue weighted by Crippen LogP contribution is 2.44. The number of amides is 2. The SMILES string of the molecule is NC(=O)/C=C/C1=CS[C@@H]2/C(=C\c3ccccn3)C(=O)N2[C@H]1C(=O)OC(c1ccccc1)c1ccccc1. The molecule has 3 heterocycles. The number of aromatic nitrogens is 1. The first-order chi connectivity index (χ1) is 18.0. The topological polar surface area (TPSA) is 103 Å². The second-order valence-electron chi connectivity index (χ2n) is 8.45. The maximum atomic E-state index is 13.8. The first kappa shape index (κ1) is 24.3. The number of hydrogen-bond donors (Lipinski definition) is 1. The molecular formula is C29H23N3O4S. The maximum absolute atomic E-state index is 13.8. The van der Waals surface area contributed by atoms with Crippen LogP contribution in [0.1, 0.15) is 22.9 Å². The van der Waals surface area contributed by atoms with Gasteiger partial charge < -0.3 is 15.4 Å². The first-order valence-corrected chi connectivity index (χ1v) is 12.6. The summed E-state index contributed by atoms with van der Waals surface area (Å²) in [6.07, 6.45) is 5.35. The molecule has 3 aromatic rings. The molecule has 2 aliphatic heterocycles. The lowest BCUT2D eigenvalue weighted by atomic mass is 9.96. The molecule has 8 heteroatoms. The second kappa shape index (κ2) is 10.7. The molecule has 37 heavy (non-hydrogen) atoms. The lowest BCUT2D eigenvalue weighted by molar-refractivity contribution is -0.158. The van der Waals surface area contributed by atoms with Crippen LogP contribution in [0.3, 0.4) is 0 Å². The smallest absolute Gasteiger partial charge is 0.334 e. The van der Waals surface area contributed by atoms with Crippen molar-refractivity contribution in [3.8, 4) is 0 Å². The summed E-state index contributed by atoms with van der Waals surface area (Å²) >= 11 is 1.37. The molecule has 0 unspecified atom stereocenters. The average molecular weight is 510 g/mol. The summed E-state index contributed by atoms with van der Waals surface area (Å²) in [5.74, 6) is -1.55. The van der Waals surface area contributed by atoms with E-state index in [1.807, 2.05) is 72.8 Å². The van der Waals surface area contributed by atoms with Gasteiger partial charge in [-0.25, -0.2) is 4.79 Å². The van der Waals surface area contributed by atoms with Crippen LogP contribution in [0.5, 0.6) is 0 Å². The minimum absolute atomic E-state index is 0.292. The molecule has 0 bridgehead atoms. The summed E-state index contributed by atoms with van der Waals surface area (Å²) in [5.41, 5.74) is 8.55. The van der Waals surface area contributed by atoms with Gasteiger partial charge in [-0.1, -0.05) is 72.8 Å². The van der Waals surface area contributed by atoms with E-state index in [4.69, 9.17) is 10.5 Å². The molecule has 1 saturated heterocycles.